The molecule has 2 fully saturated rings. The minimum absolute atomic E-state index is 0.0968. The molecule has 24 heavy (non-hydrogen) atoms. The molecular formula is C16H19FN4O3. The van der Waals surface area contributed by atoms with Crippen LogP contribution >= 0.6 is 0 Å². The molecule has 0 spiro atoms. The van der Waals surface area contributed by atoms with E-state index in [1.54, 1.807) is 0 Å². The number of pyridine rings is 1. The summed E-state index contributed by atoms with van der Waals surface area (Å²) in [6.45, 7) is 2.75. The highest BCUT2D eigenvalue weighted by molar-refractivity contribution is 5.78. The van der Waals surface area contributed by atoms with Gasteiger partial charge in [-0.05, 0) is 18.8 Å². The van der Waals surface area contributed by atoms with Crippen molar-refractivity contribution in [2.45, 2.75) is 18.8 Å². The molecule has 0 bridgehead atoms. The Hall–Kier alpha value is -2.35. The summed E-state index contributed by atoms with van der Waals surface area (Å²) in [6.07, 6.45) is 2.93. The van der Waals surface area contributed by atoms with Gasteiger partial charge in [0.2, 0.25) is 0 Å². The maximum Gasteiger partial charge on any atom is 0.333 e. The van der Waals surface area contributed by atoms with Crippen molar-refractivity contribution in [2.24, 2.45) is 0 Å². The number of piperazine rings is 1. The molecule has 7 nitrogen and oxygen atoms in total. The van der Waals surface area contributed by atoms with Crippen LogP contribution in [0.1, 0.15) is 24.3 Å². The number of rotatable bonds is 3. The number of hydrogen-bond donors (Lipinski definition) is 2. The van der Waals surface area contributed by atoms with Crippen molar-refractivity contribution in [2.75, 3.05) is 38.2 Å². The van der Waals surface area contributed by atoms with Crippen molar-refractivity contribution in [3.8, 4) is 5.75 Å². The van der Waals surface area contributed by atoms with Gasteiger partial charge in [-0.1, -0.05) is 0 Å². The Morgan fingerprint density at radius 1 is 1.25 bits per heavy atom. The zero-order valence-electron chi connectivity index (χ0n) is 13.4. The standard InChI is InChI=1S/C16H19FN4O3/c1-24-14-12(20-6-4-18-5-7-20)10(17)8-21-13(14)11(9-2-3-9)15(22)19-16(21)23/h8-9,18H,2-7H2,1H3,(H,19,22,23). The highest BCUT2D eigenvalue weighted by Crippen LogP contribution is 2.44. The normalized spacial score (nSPS) is 18.2. The molecule has 2 aromatic heterocycles. The first-order valence-electron chi connectivity index (χ1n) is 8.12. The van der Waals surface area contributed by atoms with Crippen LogP contribution in [0.4, 0.5) is 10.1 Å². The topological polar surface area (TPSA) is 78.8 Å². The van der Waals surface area contributed by atoms with E-state index in [1.165, 1.54) is 7.11 Å². The number of hydrogen-bond acceptors (Lipinski definition) is 5. The molecule has 128 valence electrons. The fourth-order valence-corrected chi connectivity index (χ4v) is 3.44. The number of methoxy groups -OCH3 is 1. The van der Waals surface area contributed by atoms with Crippen molar-refractivity contribution in [3.05, 3.63) is 38.4 Å². The minimum Gasteiger partial charge on any atom is -0.492 e. The first-order valence-corrected chi connectivity index (χ1v) is 8.12. The lowest BCUT2D eigenvalue weighted by atomic mass is 10.1. The lowest BCUT2D eigenvalue weighted by Gasteiger charge is -2.31. The summed E-state index contributed by atoms with van der Waals surface area (Å²) in [5, 5.41) is 3.22. The third-order valence-electron chi connectivity index (χ3n) is 4.70. The zero-order chi connectivity index (χ0) is 16.8. The van der Waals surface area contributed by atoms with E-state index in [1.807, 2.05) is 4.90 Å². The Labute approximate surface area is 137 Å². The molecule has 0 unspecified atom stereocenters. The van der Waals surface area contributed by atoms with Gasteiger partial charge in [-0.15, -0.1) is 0 Å². The van der Waals surface area contributed by atoms with E-state index >= 15 is 0 Å². The van der Waals surface area contributed by atoms with E-state index in [4.69, 9.17) is 4.74 Å². The molecule has 1 saturated carbocycles. The summed E-state index contributed by atoms with van der Waals surface area (Å²) in [4.78, 5) is 28.7. The fourth-order valence-electron chi connectivity index (χ4n) is 3.44. The summed E-state index contributed by atoms with van der Waals surface area (Å²) in [6, 6.07) is 0. The Morgan fingerprint density at radius 3 is 2.58 bits per heavy atom. The lowest BCUT2D eigenvalue weighted by Crippen LogP contribution is -2.44. The number of ether oxygens (including phenoxy) is 1. The quantitative estimate of drug-likeness (QED) is 0.851. The molecule has 2 N–H and O–H groups in total. The van der Waals surface area contributed by atoms with Gasteiger partial charge in [0.1, 0.15) is 11.2 Å². The molecule has 0 amide bonds. The van der Waals surface area contributed by atoms with E-state index in [9.17, 15) is 14.0 Å². The van der Waals surface area contributed by atoms with Crippen molar-refractivity contribution in [1.82, 2.24) is 14.7 Å². The second-order valence-corrected chi connectivity index (χ2v) is 6.26. The second kappa shape index (κ2) is 5.62. The molecule has 0 atom stereocenters. The van der Waals surface area contributed by atoms with E-state index in [0.29, 0.717) is 29.9 Å². The molecule has 2 aromatic rings. The van der Waals surface area contributed by atoms with E-state index in [2.05, 4.69) is 10.3 Å². The number of halogens is 1. The Morgan fingerprint density at radius 2 is 1.96 bits per heavy atom. The third-order valence-corrected chi connectivity index (χ3v) is 4.70. The summed E-state index contributed by atoms with van der Waals surface area (Å²) >= 11 is 0. The molecule has 0 aromatic carbocycles. The van der Waals surface area contributed by atoms with Gasteiger partial charge in [-0.3, -0.25) is 14.2 Å². The van der Waals surface area contributed by atoms with Gasteiger partial charge in [0.25, 0.3) is 5.56 Å². The highest BCUT2D eigenvalue weighted by Gasteiger charge is 2.33. The smallest absolute Gasteiger partial charge is 0.333 e. The summed E-state index contributed by atoms with van der Waals surface area (Å²) in [5.41, 5.74) is 0.180. The Bertz CT molecular complexity index is 910. The average molecular weight is 334 g/mol. The molecule has 4 rings (SSSR count). The maximum atomic E-state index is 14.8. The zero-order valence-corrected chi connectivity index (χ0v) is 13.4. The van der Waals surface area contributed by atoms with Gasteiger partial charge < -0.3 is 15.0 Å². The Kier molecular flexibility index (Phi) is 3.56. The number of aromatic nitrogens is 2. The van der Waals surface area contributed by atoms with Crippen molar-refractivity contribution < 1.29 is 9.13 Å². The lowest BCUT2D eigenvalue weighted by molar-refractivity contribution is 0.410. The monoisotopic (exact) mass is 334 g/mol. The molecule has 8 heteroatoms. The second-order valence-electron chi connectivity index (χ2n) is 6.26. The SMILES string of the molecule is COc1c(N2CCNCC2)c(F)cn2c(=O)[nH]c(=O)c(C3CC3)c12. The number of anilines is 1. The van der Waals surface area contributed by atoms with E-state index in [-0.39, 0.29) is 11.7 Å². The van der Waals surface area contributed by atoms with Crippen LogP contribution in [-0.4, -0.2) is 42.7 Å². The van der Waals surface area contributed by atoms with Gasteiger partial charge >= 0.3 is 5.69 Å². The predicted octanol–water partition coefficient (Wildman–Crippen LogP) is 0.422. The third kappa shape index (κ3) is 2.29. The van der Waals surface area contributed by atoms with Crippen LogP contribution in [-0.2, 0) is 0 Å². The molecule has 0 radical (unpaired) electrons. The van der Waals surface area contributed by atoms with Crippen LogP contribution in [0.5, 0.6) is 5.75 Å². The largest absolute Gasteiger partial charge is 0.492 e. The van der Waals surface area contributed by atoms with Crippen LogP contribution in [0.2, 0.25) is 0 Å². The van der Waals surface area contributed by atoms with E-state index in [0.717, 1.165) is 36.5 Å². The number of H-pyrrole nitrogens is 1. The summed E-state index contributed by atoms with van der Waals surface area (Å²) in [7, 11) is 1.45. The molecule has 2 aliphatic rings. The number of nitrogens with zero attached hydrogens (tertiary/aromatic N) is 2. The molecule has 3 heterocycles. The minimum atomic E-state index is -0.650. The van der Waals surface area contributed by atoms with Gasteiger partial charge in [0.05, 0.1) is 13.3 Å². The first kappa shape index (κ1) is 15.2. The predicted molar refractivity (Wildman–Crippen MR) is 87.9 cm³/mol. The number of nitrogens with one attached hydrogen (secondary N) is 2. The summed E-state index contributed by atoms with van der Waals surface area (Å²) in [5.74, 6) is -0.168. The first-order chi connectivity index (χ1) is 11.6. The molecule has 1 aliphatic carbocycles. The van der Waals surface area contributed by atoms with Gasteiger partial charge in [0, 0.05) is 31.7 Å². The summed E-state index contributed by atoms with van der Waals surface area (Å²) < 4.78 is 21.5. The molecular weight excluding hydrogens is 315 g/mol. The highest BCUT2D eigenvalue weighted by atomic mass is 19.1. The van der Waals surface area contributed by atoms with Crippen molar-refractivity contribution in [1.29, 1.82) is 0 Å². The van der Waals surface area contributed by atoms with Gasteiger partial charge in [-0.25, -0.2) is 9.18 Å². The van der Waals surface area contributed by atoms with Crippen molar-refractivity contribution in [3.63, 3.8) is 0 Å². The van der Waals surface area contributed by atoms with Crippen LogP contribution < -0.4 is 26.2 Å². The Balaban J connectivity index is 2.07. The van der Waals surface area contributed by atoms with Crippen LogP contribution in [0, 0.1) is 5.82 Å². The maximum absolute atomic E-state index is 14.8. The number of aromatic amines is 1. The van der Waals surface area contributed by atoms with Gasteiger partial charge in [-0.2, -0.15) is 0 Å². The van der Waals surface area contributed by atoms with Crippen LogP contribution in [0.25, 0.3) is 5.52 Å². The fraction of sp³-hybridized carbons (Fsp3) is 0.500. The number of fused-ring (bicyclic) bond motifs is 1. The van der Waals surface area contributed by atoms with Crippen molar-refractivity contribution >= 4 is 11.2 Å². The molecule has 1 aliphatic heterocycles. The van der Waals surface area contributed by atoms with Crippen LogP contribution in [0.3, 0.4) is 0 Å². The average Bonchev–Trinajstić information content (AvgIpc) is 3.40. The van der Waals surface area contributed by atoms with E-state index < -0.39 is 17.1 Å². The molecule has 1 saturated heterocycles. The van der Waals surface area contributed by atoms with Crippen LogP contribution in [0.15, 0.2) is 15.8 Å². The van der Waals surface area contributed by atoms with Gasteiger partial charge in [0.15, 0.2) is 11.6 Å².